The predicted molar refractivity (Wildman–Crippen MR) is 63.8 cm³/mol. The van der Waals surface area contributed by atoms with Crippen LogP contribution in [0.3, 0.4) is 0 Å². The number of aromatic nitrogens is 2. The van der Waals surface area contributed by atoms with E-state index in [-0.39, 0.29) is 0 Å². The highest BCUT2D eigenvalue weighted by Gasteiger charge is 2.41. The van der Waals surface area contributed by atoms with Crippen LogP contribution in [0.1, 0.15) is 38.4 Å². The lowest BCUT2D eigenvalue weighted by atomic mass is 9.84. The van der Waals surface area contributed by atoms with E-state index in [1.807, 2.05) is 12.4 Å². The molecular formula is C13H21N3. The van der Waals surface area contributed by atoms with E-state index in [2.05, 4.69) is 22.2 Å². The van der Waals surface area contributed by atoms with E-state index in [1.165, 1.54) is 25.7 Å². The number of H-pyrrole nitrogens is 1. The van der Waals surface area contributed by atoms with E-state index in [1.54, 1.807) is 0 Å². The average molecular weight is 219 g/mol. The molecule has 0 radical (unpaired) electrons. The molecule has 0 aromatic carbocycles. The molecule has 88 valence electrons. The molecule has 0 spiro atoms. The van der Waals surface area contributed by atoms with Gasteiger partial charge in [0.25, 0.3) is 0 Å². The zero-order chi connectivity index (χ0) is 11.0. The number of hydrogen-bond acceptors (Lipinski definition) is 2. The fraction of sp³-hybridized carbons (Fsp3) is 0.769. The van der Waals surface area contributed by atoms with Crippen LogP contribution in [-0.2, 0) is 6.54 Å². The van der Waals surface area contributed by atoms with Crippen LogP contribution in [-0.4, -0.2) is 16.0 Å². The number of imidazole rings is 1. The molecule has 0 aliphatic heterocycles. The average Bonchev–Trinajstić information content (AvgIpc) is 3.01. The van der Waals surface area contributed by atoms with Gasteiger partial charge in [-0.25, -0.2) is 4.98 Å². The first kappa shape index (κ1) is 10.3. The van der Waals surface area contributed by atoms with Crippen LogP contribution >= 0.6 is 0 Å². The molecule has 3 heteroatoms. The first-order valence-electron chi connectivity index (χ1n) is 6.54. The number of nitrogens with zero attached hydrogens (tertiary/aromatic N) is 1. The lowest BCUT2D eigenvalue weighted by Gasteiger charge is -2.28. The van der Waals surface area contributed by atoms with Crippen molar-refractivity contribution in [2.24, 2.45) is 17.8 Å². The molecule has 2 bridgehead atoms. The maximum Gasteiger partial charge on any atom is 0.120 e. The van der Waals surface area contributed by atoms with Crippen molar-refractivity contribution in [2.75, 3.05) is 0 Å². The Kier molecular flexibility index (Phi) is 2.72. The van der Waals surface area contributed by atoms with Crippen LogP contribution in [0.15, 0.2) is 12.4 Å². The Hall–Kier alpha value is -0.830. The van der Waals surface area contributed by atoms with Gasteiger partial charge in [-0.2, -0.15) is 0 Å². The van der Waals surface area contributed by atoms with Gasteiger partial charge in [0.2, 0.25) is 0 Å². The van der Waals surface area contributed by atoms with Crippen molar-refractivity contribution in [3.63, 3.8) is 0 Å². The summed E-state index contributed by atoms with van der Waals surface area (Å²) in [5.74, 6) is 4.01. The summed E-state index contributed by atoms with van der Waals surface area (Å²) in [5.41, 5.74) is 0. The molecule has 2 aliphatic carbocycles. The number of rotatable bonds is 4. The summed E-state index contributed by atoms with van der Waals surface area (Å²) in [4.78, 5) is 7.39. The highest BCUT2D eigenvalue weighted by atomic mass is 15.0. The second-order valence-corrected chi connectivity index (χ2v) is 5.54. The molecule has 1 aromatic rings. The zero-order valence-electron chi connectivity index (χ0n) is 9.95. The SMILES string of the molecule is CC(NCc1ncc[nH]1)C1CC2CCC1C2. The minimum atomic E-state index is 0.639. The van der Waals surface area contributed by atoms with Crippen molar-refractivity contribution in [1.29, 1.82) is 0 Å². The molecule has 3 rings (SSSR count). The molecule has 2 fully saturated rings. The van der Waals surface area contributed by atoms with Gasteiger partial charge in [-0.15, -0.1) is 0 Å². The third-order valence-corrected chi connectivity index (χ3v) is 4.58. The molecule has 1 aromatic heterocycles. The van der Waals surface area contributed by atoms with E-state index in [0.29, 0.717) is 6.04 Å². The topological polar surface area (TPSA) is 40.7 Å². The molecule has 2 aliphatic rings. The van der Waals surface area contributed by atoms with Crippen molar-refractivity contribution in [1.82, 2.24) is 15.3 Å². The summed E-state index contributed by atoms with van der Waals surface area (Å²) in [6.45, 7) is 3.22. The maximum atomic E-state index is 4.24. The number of hydrogen-bond donors (Lipinski definition) is 2. The predicted octanol–water partition coefficient (Wildman–Crippen LogP) is 2.32. The van der Waals surface area contributed by atoms with E-state index in [4.69, 9.17) is 0 Å². The largest absolute Gasteiger partial charge is 0.348 e. The van der Waals surface area contributed by atoms with Gasteiger partial charge < -0.3 is 10.3 Å². The summed E-state index contributed by atoms with van der Waals surface area (Å²) in [7, 11) is 0. The van der Waals surface area contributed by atoms with Gasteiger partial charge in [-0.05, 0) is 43.9 Å². The monoisotopic (exact) mass is 219 g/mol. The van der Waals surface area contributed by atoms with Crippen LogP contribution < -0.4 is 5.32 Å². The van der Waals surface area contributed by atoms with Crippen LogP contribution in [0.4, 0.5) is 0 Å². The molecular weight excluding hydrogens is 198 g/mol. The van der Waals surface area contributed by atoms with E-state index >= 15 is 0 Å². The van der Waals surface area contributed by atoms with Crippen molar-refractivity contribution in [2.45, 2.75) is 45.2 Å². The second kappa shape index (κ2) is 4.21. The minimum absolute atomic E-state index is 0.639. The molecule has 4 atom stereocenters. The molecule has 0 saturated heterocycles. The Morgan fingerprint density at radius 1 is 1.50 bits per heavy atom. The van der Waals surface area contributed by atoms with Gasteiger partial charge in [0, 0.05) is 18.4 Å². The van der Waals surface area contributed by atoms with E-state index in [9.17, 15) is 0 Å². The normalized spacial score (nSPS) is 34.4. The Morgan fingerprint density at radius 2 is 2.44 bits per heavy atom. The molecule has 3 nitrogen and oxygen atoms in total. The summed E-state index contributed by atoms with van der Waals surface area (Å²) in [6.07, 6.45) is 9.63. The van der Waals surface area contributed by atoms with Gasteiger partial charge in [0.15, 0.2) is 0 Å². The lowest BCUT2D eigenvalue weighted by Crippen LogP contribution is -2.36. The molecule has 2 saturated carbocycles. The Balaban J connectivity index is 1.52. The lowest BCUT2D eigenvalue weighted by molar-refractivity contribution is 0.258. The smallest absolute Gasteiger partial charge is 0.120 e. The third-order valence-electron chi connectivity index (χ3n) is 4.58. The fourth-order valence-electron chi connectivity index (χ4n) is 3.71. The summed E-state index contributed by atoms with van der Waals surface area (Å²) in [6, 6.07) is 0.639. The van der Waals surface area contributed by atoms with Crippen molar-refractivity contribution < 1.29 is 0 Å². The highest BCUT2D eigenvalue weighted by molar-refractivity contribution is 4.95. The Labute approximate surface area is 97.0 Å². The fourth-order valence-corrected chi connectivity index (χ4v) is 3.71. The van der Waals surface area contributed by atoms with Crippen molar-refractivity contribution >= 4 is 0 Å². The van der Waals surface area contributed by atoms with Crippen molar-refractivity contribution in [3.8, 4) is 0 Å². The standard InChI is InChI=1S/C13H21N3/c1-9(16-8-13-14-4-5-15-13)12-7-10-2-3-11(12)6-10/h4-5,9-12,16H,2-3,6-8H2,1H3,(H,14,15). The Morgan fingerprint density at radius 3 is 3.06 bits per heavy atom. The van der Waals surface area contributed by atoms with Gasteiger partial charge in [0.1, 0.15) is 5.82 Å². The van der Waals surface area contributed by atoms with Crippen LogP contribution in [0.5, 0.6) is 0 Å². The minimum Gasteiger partial charge on any atom is -0.348 e. The molecule has 2 N–H and O–H groups in total. The molecule has 4 unspecified atom stereocenters. The first-order valence-corrected chi connectivity index (χ1v) is 6.54. The third kappa shape index (κ3) is 1.88. The summed E-state index contributed by atoms with van der Waals surface area (Å²) < 4.78 is 0. The van der Waals surface area contributed by atoms with Crippen LogP contribution in [0.2, 0.25) is 0 Å². The number of nitrogens with one attached hydrogen (secondary N) is 2. The van der Waals surface area contributed by atoms with Gasteiger partial charge >= 0.3 is 0 Å². The van der Waals surface area contributed by atoms with Crippen LogP contribution in [0, 0.1) is 17.8 Å². The van der Waals surface area contributed by atoms with E-state index in [0.717, 1.165) is 30.1 Å². The zero-order valence-corrected chi connectivity index (χ0v) is 9.95. The van der Waals surface area contributed by atoms with Gasteiger partial charge in [0.05, 0.1) is 6.54 Å². The highest BCUT2D eigenvalue weighted by Crippen LogP contribution is 2.49. The van der Waals surface area contributed by atoms with Crippen molar-refractivity contribution in [3.05, 3.63) is 18.2 Å². The molecule has 16 heavy (non-hydrogen) atoms. The maximum absolute atomic E-state index is 4.24. The summed E-state index contributed by atoms with van der Waals surface area (Å²) in [5, 5.41) is 3.62. The molecule has 0 amide bonds. The van der Waals surface area contributed by atoms with Crippen LogP contribution in [0.25, 0.3) is 0 Å². The summed E-state index contributed by atoms with van der Waals surface area (Å²) >= 11 is 0. The quantitative estimate of drug-likeness (QED) is 0.816. The number of fused-ring (bicyclic) bond motifs is 2. The van der Waals surface area contributed by atoms with Gasteiger partial charge in [-0.1, -0.05) is 6.42 Å². The Bertz CT molecular complexity index is 333. The molecule has 1 heterocycles. The first-order chi connectivity index (χ1) is 7.83. The second-order valence-electron chi connectivity index (χ2n) is 5.54. The number of aromatic amines is 1. The van der Waals surface area contributed by atoms with Gasteiger partial charge in [-0.3, -0.25) is 0 Å². The van der Waals surface area contributed by atoms with E-state index < -0.39 is 0 Å².